The highest BCUT2D eigenvalue weighted by atomic mass is 16.5. The van der Waals surface area contributed by atoms with Crippen LogP contribution in [0.3, 0.4) is 0 Å². The Morgan fingerprint density at radius 1 is 1.40 bits per heavy atom. The maximum absolute atomic E-state index is 11.7. The van der Waals surface area contributed by atoms with E-state index in [2.05, 4.69) is 20.6 Å². The number of hydrogen-bond donors (Lipinski definition) is 2. The second kappa shape index (κ2) is 3.08. The number of anilines is 2. The molecule has 1 aromatic rings. The van der Waals surface area contributed by atoms with E-state index in [-0.39, 0.29) is 5.91 Å². The van der Waals surface area contributed by atoms with Crippen molar-refractivity contribution in [3.05, 3.63) is 6.33 Å². The molecule has 0 fully saturated rings. The van der Waals surface area contributed by atoms with Crippen LogP contribution < -0.4 is 15.4 Å². The van der Waals surface area contributed by atoms with E-state index in [0.717, 1.165) is 0 Å². The molecule has 1 aromatic heterocycles. The van der Waals surface area contributed by atoms with Gasteiger partial charge in [-0.15, -0.1) is 0 Å². The zero-order valence-electron chi connectivity index (χ0n) is 8.79. The summed E-state index contributed by atoms with van der Waals surface area (Å²) in [4.78, 5) is 19.6. The van der Waals surface area contributed by atoms with Gasteiger partial charge in [-0.2, -0.15) is 4.98 Å². The fourth-order valence-corrected chi connectivity index (χ4v) is 1.35. The number of amides is 1. The Labute approximate surface area is 87.1 Å². The average Bonchev–Trinajstić information content (AvgIpc) is 2.18. The first kappa shape index (κ1) is 9.70. The number of ether oxygens (including phenoxy) is 1. The fourth-order valence-electron chi connectivity index (χ4n) is 1.35. The summed E-state index contributed by atoms with van der Waals surface area (Å²) in [6, 6.07) is 0. The molecule has 0 saturated heterocycles. The highest BCUT2D eigenvalue weighted by molar-refractivity contribution is 6.05. The first-order valence-electron chi connectivity index (χ1n) is 4.53. The van der Waals surface area contributed by atoms with E-state index in [1.807, 2.05) is 0 Å². The number of methoxy groups -OCH3 is 1. The molecule has 1 aliphatic rings. The third-order valence-corrected chi connectivity index (χ3v) is 2.24. The number of fused-ring (bicyclic) bond motifs is 1. The number of carbonyl (C=O) groups is 1. The van der Waals surface area contributed by atoms with Crippen molar-refractivity contribution in [1.29, 1.82) is 0 Å². The van der Waals surface area contributed by atoms with E-state index in [1.165, 1.54) is 13.4 Å². The van der Waals surface area contributed by atoms with Crippen LogP contribution in [0.2, 0.25) is 0 Å². The Morgan fingerprint density at radius 2 is 2.13 bits per heavy atom. The fraction of sp³-hybridized carbons (Fsp3) is 0.444. The molecule has 0 bridgehead atoms. The molecule has 1 amide bonds. The lowest BCUT2D eigenvalue weighted by atomic mass is 10.0. The molecule has 15 heavy (non-hydrogen) atoms. The largest absolute Gasteiger partial charge is 0.479 e. The summed E-state index contributed by atoms with van der Waals surface area (Å²) in [7, 11) is 1.49. The van der Waals surface area contributed by atoms with Gasteiger partial charge >= 0.3 is 0 Å². The number of hydrogen-bond acceptors (Lipinski definition) is 5. The molecule has 6 heteroatoms. The molecule has 1 aliphatic heterocycles. The van der Waals surface area contributed by atoms with Crippen LogP contribution in [0.1, 0.15) is 13.8 Å². The minimum atomic E-state index is -0.674. The van der Waals surface area contributed by atoms with Crippen LogP contribution in [0.5, 0.6) is 5.88 Å². The molecule has 0 spiro atoms. The van der Waals surface area contributed by atoms with E-state index >= 15 is 0 Å². The zero-order valence-corrected chi connectivity index (χ0v) is 8.79. The van der Waals surface area contributed by atoms with Gasteiger partial charge in [0.2, 0.25) is 11.8 Å². The smallest absolute Gasteiger partial charge is 0.249 e. The van der Waals surface area contributed by atoms with Gasteiger partial charge in [-0.3, -0.25) is 4.79 Å². The first-order valence-corrected chi connectivity index (χ1v) is 4.53. The highest BCUT2D eigenvalue weighted by Crippen LogP contribution is 2.34. The molecule has 0 atom stereocenters. The quantitative estimate of drug-likeness (QED) is 0.707. The number of rotatable bonds is 1. The third-order valence-electron chi connectivity index (χ3n) is 2.24. The monoisotopic (exact) mass is 208 g/mol. The summed E-state index contributed by atoms with van der Waals surface area (Å²) in [6.07, 6.45) is 1.39. The summed E-state index contributed by atoms with van der Waals surface area (Å²) < 4.78 is 5.02. The molecular weight excluding hydrogens is 196 g/mol. The van der Waals surface area contributed by atoms with Gasteiger partial charge in [0, 0.05) is 0 Å². The molecule has 0 saturated carbocycles. The van der Waals surface area contributed by atoms with Gasteiger partial charge in [-0.25, -0.2) is 4.98 Å². The van der Waals surface area contributed by atoms with Gasteiger partial charge in [0.1, 0.15) is 17.6 Å². The maximum Gasteiger partial charge on any atom is 0.249 e. The minimum absolute atomic E-state index is 0.136. The zero-order chi connectivity index (χ0) is 11.1. The Bertz CT molecular complexity index is 417. The van der Waals surface area contributed by atoms with Crippen molar-refractivity contribution in [2.75, 3.05) is 17.7 Å². The Kier molecular flexibility index (Phi) is 1.99. The van der Waals surface area contributed by atoms with Crippen LogP contribution in [0, 0.1) is 0 Å². The number of nitrogens with one attached hydrogen (secondary N) is 2. The van der Waals surface area contributed by atoms with Gasteiger partial charge in [-0.05, 0) is 13.8 Å². The van der Waals surface area contributed by atoms with Gasteiger partial charge in [-0.1, -0.05) is 0 Å². The predicted octanol–water partition coefficient (Wildman–Crippen LogP) is 0.628. The van der Waals surface area contributed by atoms with Crippen molar-refractivity contribution < 1.29 is 9.53 Å². The average molecular weight is 208 g/mol. The number of aromatic nitrogens is 2. The van der Waals surface area contributed by atoms with Crippen molar-refractivity contribution >= 4 is 17.4 Å². The lowest BCUT2D eigenvalue weighted by molar-refractivity contribution is -0.119. The standard InChI is InChI=1S/C9H12N4O2/c1-9(2)8(14)12-5-6(13-9)10-4-11-7(5)15-3/h4H,1-3H3,(H,12,14)(H,10,11,13). The van der Waals surface area contributed by atoms with Crippen molar-refractivity contribution in [3.8, 4) is 5.88 Å². The molecule has 0 aliphatic carbocycles. The molecule has 6 nitrogen and oxygen atoms in total. The summed E-state index contributed by atoms with van der Waals surface area (Å²) in [5.41, 5.74) is -0.184. The predicted molar refractivity (Wildman–Crippen MR) is 54.9 cm³/mol. The van der Waals surface area contributed by atoms with Crippen molar-refractivity contribution in [1.82, 2.24) is 9.97 Å². The van der Waals surface area contributed by atoms with Gasteiger partial charge in [0.05, 0.1) is 7.11 Å². The molecule has 0 aromatic carbocycles. The highest BCUT2D eigenvalue weighted by Gasteiger charge is 2.35. The molecule has 0 radical (unpaired) electrons. The van der Waals surface area contributed by atoms with Crippen LogP contribution in [0.15, 0.2) is 6.33 Å². The third kappa shape index (κ3) is 1.47. The van der Waals surface area contributed by atoms with Crippen LogP contribution >= 0.6 is 0 Å². The number of carbonyl (C=O) groups excluding carboxylic acids is 1. The van der Waals surface area contributed by atoms with Crippen molar-refractivity contribution in [3.63, 3.8) is 0 Å². The minimum Gasteiger partial charge on any atom is -0.479 e. The second-order valence-corrected chi connectivity index (χ2v) is 3.81. The van der Waals surface area contributed by atoms with Gasteiger partial charge < -0.3 is 15.4 Å². The second-order valence-electron chi connectivity index (χ2n) is 3.81. The summed E-state index contributed by atoms with van der Waals surface area (Å²) in [5.74, 6) is 0.797. The lowest BCUT2D eigenvalue weighted by Gasteiger charge is -2.31. The van der Waals surface area contributed by atoms with Crippen molar-refractivity contribution in [2.45, 2.75) is 19.4 Å². The maximum atomic E-state index is 11.7. The molecule has 80 valence electrons. The number of nitrogens with zero attached hydrogens (tertiary/aromatic N) is 2. The van der Waals surface area contributed by atoms with E-state index in [0.29, 0.717) is 17.4 Å². The van der Waals surface area contributed by atoms with E-state index in [4.69, 9.17) is 4.74 Å². The van der Waals surface area contributed by atoms with Gasteiger partial charge in [0.25, 0.3) is 0 Å². The summed E-state index contributed by atoms with van der Waals surface area (Å²) in [5, 5.41) is 5.74. The Morgan fingerprint density at radius 3 is 2.80 bits per heavy atom. The molecular formula is C9H12N4O2. The van der Waals surface area contributed by atoms with Crippen molar-refractivity contribution in [2.24, 2.45) is 0 Å². The molecule has 0 unspecified atom stereocenters. The molecule has 2 heterocycles. The van der Waals surface area contributed by atoms with E-state index in [9.17, 15) is 4.79 Å². The van der Waals surface area contributed by atoms with Crippen LogP contribution in [-0.4, -0.2) is 28.5 Å². The molecule has 2 N–H and O–H groups in total. The molecule has 2 rings (SSSR count). The Balaban J connectivity index is 2.49. The summed E-state index contributed by atoms with van der Waals surface area (Å²) >= 11 is 0. The van der Waals surface area contributed by atoms with E-state index < -0.39 is 5.54 Å². The normalized spacial score (nSPS) is 17.4. The lowest BCUT2D eigenvalue weighted by Crippen LogP contribution is -2.48. The van der Waals surface area contributed by atoms with E-state index in [1.54, 1.807) is 13.8 Å². The van der Waals surface area contributed by atoms with Crippen LogP contribution in [0.25, 0.3) is 0 Å². The Hall–Kier alpha value is -1.85. The van der Waals surface area contributed by atoms with Gasteiger partial charge in [0.15, 0.2) is 5.82 Å². The first-order chi connectivity index (χ1) is 7.04. The van der Waals surface area contributed by atoms with Crippen LogP contribution in [-0.2, 0) is 4.79 Å². The van der Waals surface area contributed by atoms with Crippen LogP contribution in [0.4, 0.5) is 11.5 Å². The topological polar surface area (TPSA) is 76.1 Å². The SMILES string of the molecule is COc1ncnc2c1NC(=O)C(C)(C)N2. The summed E-state index contributed by atoms with van der Waals surface area (Å²) in [6.45, 7) is 3.56.